The third kappa shape index (κ3) is 3.97. The molecule has 1 aliphatic rings. The predicted octanol–water partition coefficient (Wildman–Crippen LogP) is 2.92. The average molecular weight is 308 g/mol. The molecule has 3 rings (SSSR count). The number of carbonyl (C=O) groups excluding carboxylic acids is 1. The van der Waals surface area contributed by atoms with Gasteiger partial charge in [0, 0.05) is 19.8 Å². The van der Waals surface area contributed by atoms with Crippen LogP contribution in [0.2, 0.25) is 0 Å². The molecule has 4 nitrogen and oxygen atoms in total. The van der Waals surface area contributed by atoms with E-state index in [4.69, 9.17) is 4.74 Å². The molecule has 2 aromatic rings. The molecular formula is C19H20N2O2. The Morgan fingerprint density at radius 2 is 2.04 bits per heavy atom. The summed E-state index contributed by atoms with van der Waals surface area (Å²) in [5, 5.41) is 0. The van der Waals surface area contributed by atoms with Crippen molar-refractivity contribution >= 4 is 12.1 Å². The van der Waals surface area contributed by atoms with E-state index in [0.29, 0.717) is 6.61 Å². The van der Waals surface area contributed by atoms with Gasteiger partial charge in [-0.15, -0.1) is 0 Å². The highest BCUT2D eigenvalue weighted by molar-refractivity contribution is 5.88. The van der Waals surface area contributed by atoms with Crippen LogP contribution in [0.25, 0.3) is 0 Å². The molecule has 0 aromatic heterocycles. The van der Waals surface area contributed by atoms with E-state index < -0.39 is 0 Å². The number of rotatable bonds is 5. The van der Waals surface area contributed by atoms with Crippen LogP contribution in [0.3, 0.4) is 0 Å². The maximum absolute atomic E-state index is 11.8. The number of nitrogens with zero attached hydrogens (tertiary/aromatic N) is 2. The zero-order valence-electron chi connectivity index (χ0n) is 13.2. The third-order valence-corrected chi connectivity index (χ3v) is 3.91. The summed E-state index contributed by atoms with van der Waals surface area (Å²) in [6, 6.07) is 17.6. The first-order chi connectivity index (χ1) is 11.2. The molecule has 0 radical (unpaired) electrons. The van der Waals surface area contributed by atoms with Gasteiger partial charge in [-0.05, 0) is 29.7 Å². The van der Waals surface area contributed by atoms with Gasteiger partial charge in [-0.1, -0.05) is 42.5 Å². The van der Waals surface area contributed by atoms with Crippen LogP contribution in [-0.2, 0) is 11.4 Å². The molecule has 1 fully saturated rings. The number of hydrogen-bond donors (Lipinski definition) is 0. The van der Waals surface area contributed by atoms with Crippen LogP contribution in [0.15, 0.2) is 59.6 Å². The van der Waals surface area contributed by atoms with Crippen molar-refractivity contribution in [2.24, 2.45) is 4.99 Å². The molecular weight excluding hydrogens is 288 g/mol. The van der Waals surface area contributed by atoms with Gasteiger partial charge in [0.25, 0.3) is 0 Å². The van der Waals surface area contributed by atoms with Crippen molar-refractivity contribution in [3.05, 3.63) is 65.7 Å². The van der Waals surface area contributed by atoms with Crippen LogP contribution in [0.4, 0.5) is 0 Å². The smallest absolute Gasteiger partial charge is 0.247 e. The molecule has 23 heavy (non-hydrogen) atoms. The SMILES string of the molecule is CN1CCC(/N=C/c2cccc(OCc3ccccc3)c2)C1=O. The lowest BCUT2D eigenvalue weighted by molar-refractivity contribution is -0.127. The van der Waals surface area contributed by atoms with Gasteiger partial charge in [-0.25, -0.2) is 0 Å². The van der Waals surface area contributed by atoms with Crippen LogP contribution < -0.4 is 4.74 Å². The van der Waals surface area contributed by atoms with Gasteiger partial charge in [0.1, 0.15) is 18.4 Å². The van der Waals surface area contributed by atoms with Gasteiger partial charge in [0.15, 0.2) is 0 Å². The van der Waals surface area contributed by atoms with E-state index in [2.05, 4.69) is 4.99 Å². The topological polar surface area (TPSA) is 41.9 Å². The summed E-state index contributed by atoms with van der Waals surface area (Å²) in [4.78, 5) is 18.0. The highest BCUT2D eigenvalue weighted by Gasteiger charge is 2.27. The summed E-state index contributed by atoms with van der Waals surface area (Å²) in [6.45, 7) is 1.31. The maximum Gasteiger partial charge on any atom is 0.247 e. The second-order valence-electron chi connectivity index (χ2n) is 5.69. The quantitative estimate of drug-likeness (QED) is 0.797. The molecule has 0 spiro atoms. The first-order valence-electron chi connectivity index (χ1n) is 7.77. The summed E-state index contributed by atoms with van der Waals surface area (Å²) in [7, 11) is 1.82. The van der Waals surface area contributed by atoms with Crippen LogP contribution in [-0.4, -0.2) is 36.7 Å². The van der Waals surface area contributed by atoms with E-state index in [1.807, 2.05) is 61.6 Å². The minimum Gasteiger partial charge on any atom is -0.489 e. The molecule has 1 saturated heterocycles. The minimum atomic E-state index is -0.242. The Hall–Kier alpha value is -2.62. The van der Waals surface area contributed by atoms with Crippen LogP contribution in [0.1, 0.15) is 17.5 Å². The van der Waals surface area contributed by atoms with E-state index in [1.165, 1.54) is 0 Å². The predicted molar refractivity (Wildman–Crippen MR) is 90.9 cm³/mol. The highest BCUT2D eigenvalue weighted by Crippen LogP contribution is 2.16. The second kappa shape index (κ2) is 7.09. The number of likely N-dealkylation sites (N-methyl/N-ethyl adjacent to an activating group) is 1. The molecule has 0 bridgehead atoms. The van der Waals surface area contributed by atoms with Gasteiger partial charge in [-0.3, -0.25) is 9.79 Å². The summed E-state index contributed by atoms with van der Waals surface area (Å²) >= 11 is 0. The number of carbonyl (C=O) groups is 1. The van der Waals surface area contributed by atoms with Gasteiger partial charge < -0.3 is 9.64 Å². The van der Waals surface area contributed by atoms with Crippen molar-refractivity contribution in [3.63, 3.8) is 0 Å². The number of amides is 1. The molecule has 1 unspecified atom stereocenters. The monoisotopic (exact) mass is 308 g/mol. The molecule has 1 atom stereocenters. The average Bonchev–Trinajstić information content (AvgIpc) is 2.91. The fourth-order valence-corrected chi connectivity index (χ4v) is 2.54. The Labute approximate surface area is 136 Å². The molecule has 118 valence electrons. The van der Waals surface area contributed by atoms with Crippen molar-refractivity contribution in [3.8, 4) is 5.75 Å². The van der Waals surface area contributed by atoms with Crippen LogP contribution >= 0.6 is 0 Å². The first-order valence-corrected chi connectivity index (χ1v) is 7.77. The summed E-state index contributed by atoms with van der Waals surface area (Å²) in [5.74, 6) is 0.894. The summed E-state index contributed by atoms with van der Waals surface area (Å²) in [6.07, 6.45) is 2.55. The third-order valence-electron chi connectivity index (χ3n) is 3.91. The van der Waals surface area contributed by atoms with Crippen molar-refractivity contribution in [2.45, 2.75) is 19.1 Å². The zero-order valence-corrected chi connectivity index (χ0v) is 13.2. The molecule has 1 aliphatic heterocycles. The van der Waals surface area contributed by atoms with Crippen molar-refractivity contribution in [2.75, 3.05) is 13.6 Å². The van der Waals surface area contributed by atoms with Gasteiger partial charge >= 0.3 is 0 Å². The molecule has 2 aromatic carbocycles. The van der Waals surface area contributed by atoms with Gasteiger partial charge in [0.05, 0.1) is 0 Å². The zero-order chi connectivity index (χ0) is 16.1. The van der Waals surface area contributed by atoms with Crippen molar-refractivity contribution in [1.82, 2.24) is 4.90 Å². The van der Waals surface area contributed by atoms with E-state index in [1.54, 1.807) is 11.1 Å². The summed E-state index contributed by atoms with van der Waals surface area (Å²) < 4.78 is 5.81. The molecule has 1 amide bonds. The second-order valence-corrected chi connectivity index (χ2v) is 5.69. The Morgan fingerprint density at radius 3 is 2.78 bits per heavy atom. The van der Waals surface area contributed by atoms with Crippen LogP contribution in [0.5, 0.6) is 5.75 Å². The van der Waals surface area contributed by atoms with Crippen LogP contribution in [0, 0.1) is 0 Å². The maximum atomic E-state index is 11.8. The molecule has 0 saturated carbocycles. The molecule has 0 N–H and O–H groups in total. The number of aliphatic imine (C=N–C) groups is 1. The van der Waals surface area contributed by atoms with Gasteiger partial charge in [-0.2, -0.15) is 0 Å². The Kier molecular flexibility index (Phi) is 4.71. The Balaban J connectivity index is 1.62. The van der Waals surface area contributed by atoms with Crippen molar-refractivity contribution < 1.29 is 9.53 Å². The van der Waals surface area contributed by atoms with E-state index in [-0.39, 0.29) is 11.9 Å². The fraction of sp³-hybridized carbons (Fsp3) is 0.263. The Bertz CT molecular complexity index is 698. The first kappa shape index (κ1) is 15.3. The van der Waals surface area contributed by atoms with Gasteiger partial charge in [0.2, 0.25) is 5.91 Å². The lowest BCUT2D eigenvalue weighted by Crippen LogP contribution is -2.24. The molecule has 0 aliphatic carbocycles. The van der Waals surface area contributed by atoms with E-state index >= 15 is 0 Å². The lowest BCUT2D eigenvalue weighted by atomic mass is 10.2. The summed E-state index contributed by atoms with van der Waals surface area (Å²) in [5.41, 5.74) is 2.07. The minimum absolute atomic E-state index is 0.0951. The standard InChI is InChI=1S/C19H20N2O2/c1-21-11-10-18(19(21)22)20-13-16-8-5-9-17(12-16)23-14-15-6-3-2-4-7-15/h2-9,12-13,18H,10-11,14H2,1H3/b20-13+. The Morgan fingerprint density at radius 1 is 1.22 bits per heavy atom. The number of benzene rings is 2. The fourth-order valence-electron chi connectivity index (χ4n) is 2.54. The number of ether oxygens (including phenoxy) is 1. The molecule has 4 heteroatoms. The van der Waals surface area contributed by atoms with E-state index in [0.717, 1.165) is 29.8 Å². The molecule has 1 heterocycles. The lowest BCUT2D eigenvalue weighted by Gasteiger charge is -2.07. The van der Waals surface area contributed by atoms with Crippen molar-refractivity contribution in [1.29, 1.82) is 0 Å². The highest BCUT2D eigenvalue weighted by atomic mass is 16.5. The van der Waals surface area contributed by atoms with E-state index in [9.17, 15) is 4.79 Å². The largest absolute Gasteiger partial charge is 0.489 e. The number of hydrogen-bond acceptors (Lipinski definition) is 3. The normalized spacial score (nSPS) is 17.9. The number of likely N-dealkylation sites (tertiary alicyclic amines) is 1.